The van der Waals surface area contributed by atoms with E-state index in [4.69, 9.17) is 0 Å². The van der Waals surface area contributed by atoms with Crippen molar-refractivity contribution in [2.75, 3.05) is 41.9 Å². The molecule has 1 saturated heterocycles. The van der Waals surface area contributed by atoms with Crippen molar-refractivity contribution in [1.82, 2.24) is 4.90 Å². The Balaban J connectivity index is 1.54. The van der Waals surface area contributed by atoms with Crippen LogP contribution >= 0.6 is 0 Å². The van der Waals surface area contributed by atoms with Gasteiger partial charge in [-0.3, -0.25) is 9.10 Å². The lowest BCUT2D eigenvalue weighted by Crippen LogP contribution is -2.52. The Morgan fingerprint density at radius 2 is 1.56 bits per heavy atom. The summed E-state index contributed by atoms with van der Waals surface area (Å²) < 4.78 is 42.4. The molecule has 8 heteroatoms. The summed E-state index contributed by atoms with van der Waals surface area (Å²) in [5, 5.41) is 0. The van der Waals surface area contributed by atoms with E-state index in [1.807, 2.05) is 24.8 Å². The molecule has 1 fully saturated rings. The van der Waals surface area contributed by atoms with E-state index in [2.05, 4.69) is 0 Å². The van der Waals surface area contributed by atoms with Crippen LogP contribution in [0.15, 0.2) is 77.7 Å². The number of piperazine rings is 1. The first kappa shape index (κ1) is 23.8. The zero-order chi connectivity index (χ0) is 24.3. The Kier molecular flexibility index (Phi) is 6.88. The SMILES string of the molecule is Cc1ccc(S(=O)(=O)N(CC(=O)N2CCN(c3ccccc3F)CC2)c2cccc(C)c2)cc1. The summed E-state index contributed by atoms with van der Waals surface area (Å²) >= 11 is 0. The van der Waals surface area contributed by atoms with Gasteiger partial charge in [0, 0.05) is 26.2 Å². The van der Waals surface area contributed by atoms with Gasteiger partial charge in [0.05, 0.1) is 16.3 Å². The van der Waals surface area contributed by atoms with Crippen LogP contribution in [0.2, 0.25) is 0 Å². The fourth-order valence-corrected chi connectivity index (χ4v) is 5.47. The van der Waals surface area contributed by atoms with E-state index in [1.165, 1.54) is 10.4 Å². The Bertz CT molecular complexity index is 1270. The number of sulfonamides is 1. The molecule has 1 aliphatic rings. The van der Waals surface area contributed by atoms with E-state index in [0.29, 0.717) is 37.6 Å². The standard InChI is InChI=1S/C26H28FN3O3S/c1-20-10-12-23(13-11-20)34(32,33)30(22-7-5-6-21(2)18-22)19-26(31)29-16-14-28(15-17-29)25-9-4-3-8-24(25)27/h3-13,18H,14-17,19H2,1-2H3. The van der Waals surface area contributed by atoms with Crippen molar-refractivity contribution < 1.29 is 17.6 Å². The molecule has 3 aromatic rings. The molecule has 1 heterocycles. The Morgan fingerprint density at radius 3 is 2.21 bits per heavy atom. The summed E-state index contributed by atoms with van der Waals surface area (Å²) in [7, 11) is -3.95. The van der Waals surface area contributed by atoms with Gasteiger partial charge in [0.25, 0.3) is 10.0 Å². The molecule has 34 heavy (non-hydrogen) atoms. The van der Waals surface area contributed by atoms with Gasteiger partial charge in [0.2, 0.25) is 5.91 Å². The predicted octanol–water partition coefficient (Wildman–Crippen LogP) is 3.99. The van der Waals surface area contributed by atoms with E-state index in [9.17, 15) is 17.6 Å². The van der Waals surface area contributed by atoms with Gasteiger partial charge in [-0.25, -0.2) is 12.8 Å². The maximum absolute atomic E-state index is 14.1. The first-order chi connectivity index (χ1) is 16.3. The fraction of sp³-hybridized carbons (Fsp3) is 0.269. The van der Waals surface area contributed by atoms with Crippen LogP contribution in [0, 0.1) is 19.7 Å². The lowest BCUT2D eigenvalue weighted by atomic mass is 10.2. The number of hydrogen-bond donors (Lipinski definition) is 0. The third-order valence-corrected chi connectivity index (χ3v) is 7.79. The minimum absolute atomic E-state index is 0.136. The normalized spacial score (nSPS) is 14.2. The van der Waals surface area contributed by atoms with Crippen LogP contribution in [-0.2, 0) is 14.8 Å². The Morgan fingerprint density at radius 1 is 0.882 bits per heavy atom. The molecular formula is C26H28FN3O3S. The van der Waals surface area contributed by atoms with Gasteiger partial charge in [-0.15, -0.1) is 0 Å². The second-order valence-corrected chi connectivity index (χ2v) is 10.3. The van der Waals surface area contributed by atoms with E-state index in [-0.39, 0.29) is 23.2 Å². The number of carbonyl (C=O) groups excluding carboxylic acids is 1. The van der Waals surface area contributed by atoms with Crippen molar-refractivity contribution in [3.63, 3.8) is 0 Å². The van der Waals surface area contributed by atoms with Gasteiger partial charge in [0.15, 0.2) is 0 Å². The predicted molar refractivity (Wildman–Crippen MR) is 132 cm³/mol. The maximum Gasteiger partial charge on any atom is 0.264 e. The van der Waals surface area contributed by atoms with Crippen molar-refractivity contribution in [2.24, 2.45) is 0 Å². The highest BCUT2D eigenvalue weighted by atomic mass is 32.2. The second kappa shape index (κ2) is 9.85. The van der Waals surface area contributed by atoms with Gasteiger partial charge in [-0.2, -0.15) is 0 Å². The van der Waals surface area contributed by atoms with E-state index >= 15 is 0 Å². The van der Waals surface area contributed by atoms with Crippen LogP contribution in [-0.4, -0.2) is 51.9 Å². The monoisotopic (exact) mass is 481 g/mol. The quantitative estimate of drug-likeness (QED) is 0.534. The summed E-state index contributed by atoms with van der Waals surface area (Å²) in [4.78, 5) is 16.9. The number of hydrogen-bond acceptors (Lipinski definition) is 4. The molecule has 0 atom stereocenters. The van der Waals surface area contributed by atoms with Gasteiger partial charge in [-0.05, 0) is 55.8 Å². The molecule has 1 aliphatic heterocycles. The molecule has 0 saturated carbocycles. The van der Waals surface area contributed by atoms with Gasteiger partial charge in [-0.1, -0.05) is 42.0 Å². The van der Waals surface area contributed by atoms with E-state index in [1.54, 1.807) is 65.6 Å². The average molecular weight is 482 g/mol. The third-order valence-electron chi connectivity index (χ3n) is 6.00. The summed E-state index contributed by atoms with van der Waals surface area (Å²) in [5.41, 5.74) is 2.80. The number of halogens is 1. The van der Waals surface area contributed by atoms with Gasteiger partial charge in [0.1, 0.15) is 12.4 Å². The molecule has 4 rings (SSSR count). The van der Waals surface area contributed by atoms with Crippen LogP contribution in [0.1, 0.15) is 11.1 Å². The number of nitrogens with zero attached hydrogens (tertiary/aromatic N) is 3. The van der Waals surface area contributed by atoms with Gasteiger partial charge >= 0.3 is 0 Å². The highest BCUT2D eigenvalue weighted by molar-refractivity contribution is 7.92. The topological polar surface area (TPSA) is 60.9 Å². The molecule has 0 bridgehead atoms. The summed E-state index contributed by atoms with van der Waals surface area (Å²) in [6, 6.07) is 20.3. The molecule has 0 N–H and O–H groups in total. The number of carbonyl (C=O) groups is 1. The van der Waals surface area contributed by atoms with E-state index in [0.717, 1.165) is 11.1 Å². The zero-order valence-corrected chi connectivity index (χ0v) is 20.1. The highest BCUT2D eigenvalue weighted by Gasteiger charge is 2.30. The van der Waals surface area contributed by atoms with Crippen LogP contribution < -0.4 is 9.21 Å². The summed E-state index contributed by atoms with van der Waals surface area (Å²) in [5.74, 6) is -0.581. The lowest BCUT2D eigenvalue weighted by molar-refractivity contribution is -0.129. The van der Waals surface area contributed by atoms with Crippen LogP contribution in [0.5, 0.6) is 0 Å². The minimum Gasteiger partial charge on any atom is -0.366 e. The largest absolute Gasteiger partial charge is 0.366 e. The third kappa shape index (κ3) is 5.07. The summed E-state index contributed by atoms with van der Waals surface area (Å²) in [6.45, 7) is 5.19. The number of benzene rings is 3. The van der Waals surface area contributed by atoms with Crippen molar-refractivity contribution >= 4 is 27.3 Å². The number of anilines is 2. The van der Waals surface area contributed by atoms with Crippen molar-refractivity contribution in [3.8, 4) is 0 Å². The summed E-state index contributed by atoms with van der Waals surface area (Å²) in [6.07, 6.45) is 0. The minimum atomic E-state index is -3.95. The van der Waals surface area contributed by atoms with Crippen molar-refractivity contribution in [2.45, 2.75) is 18.7 Å². The van der Waals surface area contributed by atoms with Crippen LogP contribution in [0.25, 0.3) is 0 Å². The number of para-hydroxylation sites is 1. The molecule has 0 spiro atoms. The van der Waals surface area contributed by atoms with Crippen LogP contribution in [0.4, 0.5) is 15.8 Å². The molecule has 3 aromatic carbocycles. The Hall–Kier alpha value is -3.39. The van der Waals surface area contributed by atoms with E-state index < -0.39 is 10.0 Å². The molecule has 0 unspecified atom stereocenters. The first-order valence-electron chi connectivity index (χ1n) is 11.2. The van der Waals surface area contributed by atoms with Crippen molar-refractivity contribution in [1.29, 1.82) is 0 Å². The molecule has 1 amide bonds. The smallest absolute Gasteiger partial charge is 0.264 e. The molecule has 0 aromatic heterocycles. The molecule has 6 nitrogen and oxygen atoms in total. The van der Waals surface area contributed by atoms with Gasteiger partial charge < -0.3 is 9.80 Å². The average Bonchev–Trinajstić information content (AvgIpc) is 2.83. The lowest BCUT2D eigenvalue weighted by Gasteiger charge is -2.37. The maximum atomic E-state index is 14.1. The Labute approximate surface area is 200 Å². The first-order valence-corrected chi connectivity index (χ1v) is 12.6. The zero-order valence-electron chi connectivity index (χ0n) is 19.3. The molecular weight excluding hydrogens is 453 g/mol. The number of amides is 1. The van der Waals surface area contributed by atoms with Crippen LogP contribution in [0.3, 0.4) is 0 Å². The molecule has 0 radical (unpaired) electrons. The number of rotatable bonds is 6. The molecule has 0 aliphatic carbocycles. The fourth-order valence-electron chi connectivity index (χ4n) is 4.06. The highest BCUT2D eigenvalue weighted by Crippen LogP contribution is 2.26. The second-order valence-electron chi connectivity index (χ2n) is 8.48. The number of aryl methyl sites for hydroxylation is 2. The van der Waals surface area contributed by atoms with Crippen molar-refractivity contribution in [3.05, 3.63) is 89.7 Å². The molecule has 178 valence electrons.